The second-order valence-corrected chi connectivity index (χ2v) is 4.38. The molecule has 8 heteroatoms. The molecule has 0 radical (unpaired) electrons. The normalized spacial score (nSPS) is 11.7. The van der Waals surface area contributed by atoms with E-state index in [4.69, 9.17) is 25.2 Å². The second kappa shape index (κ2) is 9.09. The van der Waals surface area contributed by atoms with Gasteiger partial charge < -0.3 is 25.2 Å². The Kier molecular flexibility index (Phi) is 7.41. The Bertz CT molecular complexity index is 479. The zero-order chi connectivity index (χ0) is 15.7. The lowest BCUT2D eigenvalue weighted by Crippen LogP contribution is -2.19. The molecule has 0 atom stereocenters. The van der Waals surface area contributed by atoms with Crippen molar-refractivity contribution in [3.05, 3.63) is 16.8 Å². The molecule has 8 nitrogen and oxygen atoms in total. The Hall–Kier alpha value is -1.93. The summed E-state index contributed by atoms with van der Waals surface area (Å²) in [5, 5.41) is 19.8. The fourth-order valence-corrected chi connectivity index (χ4v) is 1.61. The molecule has 1 aromatic rings. The van der Waals surface area contributed by atoms with Crippen molar-refractivity contribution in [1.29, 1.82) is 0 Å². The number of rotatable bonds is 9. The number of oxime groups is 1. The van der Waals surface area contributed by atoms with Crippen LogP contribution in [0.1, 0.15) is 23.2 Å². The number of aryl methyl sites for hydroxylation is 1. The van der Waals surface area contributed by atoms with Gasteiger partial charge in [-0.1, -0.05) is 5.16 Å². The SMILES string of the molecule is COCCOCCCOc1nnc(C)c(C)c1C(N)=NO. The van der Waals surface area contributed by atoms with E-state index in [1.54, 1.807) is 14.0 Å². The molecule has 0 amide bonds. The highest BCUT2D eigenvalue weighted by atomic mass is 16.5. The summed E-state index contributed by atoms with van der Waals surface area (Å²) < 4.78 is 15.7. The third kappa shape index (κ3) is 5.16. The van der Waals surface area contributed by atoms with Gasteiger partial charge in [-0.2, -0.15) is 5.10 Å². The summed E-state index contributed by atoms with van der Waals surface area (Å²) in [5.74, 6) is 0.210. The van der Waals surface area contributed by atoms with E-state index in [0.29, 0.717) is 44.1 Å². The van der Waals surface area contributed by atoms with Crippen molar-refractivity contribution in [2.75, 3.05) is 33.5 Å². The zero-order valence-electron chi connectivity index (χ0n) is 12.6. The lowest BCUT2D eigenvalue weighted by Gasteiger charge is -2.12. The predicted octanol–water partition coefficient (Wildman–Crippen LogP) is 0.620. The highest BCUT2D eigenvalue weighted by molar-refractivity contribution is 6.00. The molecule has 3 N–H and O–H groups in total. The third-order valence-electron chi connectivity index (χ3n) is 2.89. The quantitative estimate of drug-likeness (QED) is 0.226. The highest BCUT2D eigenvalue weighted by Gasteiger charge is 2.16. The van der Waals surface area contributed by atoms with E-state index in [-0.39, 0.29) is 11.7 Å². The first-order valence-electron chi connectivity index (χ1n) is 6.63. The molecule has 0 aliphatic carbocycles. The highest BCUT2D eigenvalue weighted by Crippen LogP contribution is 2.20. The summed E-state index contributed by atoms with van der Waals surface area (Å²) in [5.41, 5.74) is 7.60. The van der Waals surface area contributed by atoms with E-state index in [2.05, 4.69) is 15.4 Å². The first-order valence-corrected chi connectivity index (χ1v) is 6.63. The van der Waals surface area contributed by atoms with E-state index in [0.717, 1.165) is 5.56 Å². The van der Waals surface area contributed by atoms with Crippen LogP contribution < -0.4 is 10.5 Å². The van der Waals surface area contributed by atoms with Gasteiger partial charge in [-0.05, 0) is 19.4 Å². The van der Waals surface area contributed by atoms with Crippen LogP contribution in [-0.4, -0.2) is 54.8 Å². The Morgan fingerprint density at radius 2 is 1.95 bits per heavy atom. The molecule has 0 fully saturated rings. The first-order chi connectivity index (χ1) is 10.1. The summed E-state index contributed by atoms with van der Waals surface area (Å²) in [4.78, 5) is 0. The molecule has 1 rings (SSSR count). The van der Waals surface area contributed by atoms with Crippen molar-refractivity contribution in [3.8, 4) is 5.88 Å². The molecule has 0 aliphatic heterocycles. The maximum absolute atomic E-state index is 8.85. The number of aromatic nitrogens is 2. The van der Waals surface area contributed by atoms with Gasteiger partial charge in [0.2, 0.25) is 5.88 Å². The zero-order valence-corrected chi connectivity index (χ0v) is 12.6. The van der Waals surface area contributed by atoms with Crippen molar-refractivity contribution in [3.63, 3.8) is 0 Å². The maximum Gasteiger partial charge on any atom is 0.244 e. The van der Waals surface area contributed by atoms with Crippen LogP contribution in [0.3, 0.4) is 0 Å². The largest absolute Gasteiger partial charge is 0.476 e. The number of nitrogens with two attached hydrogens (primary N) is 1. The molecule has 1 heterocycles. The van der Waals surface area contributed by atoms with Crippen molar-refractivity contribution in [2.45, 2.75) is 20.3 Å². The molecule has 0 aliphatic rings. The fourth-order valence-electron chi connectivity index (χ4n) is 1.61. The number of nitrogens with zero attached hydrogens (tertiary/aromatic N) is 3. The maximum atomic E-state index is 8.85. The first kappa shape index (κ1) is 17.1. The van der Waals surface area contributed by atoms with Crippen LogP contribution in [0.5, 0.6) is 5.88 Å². The molecule has 0 saturated heterocycles. The summed E-state index contributed by atoms with van der Waals surface area (Å²) >= 11 is 0. The number of methoxy groups -OCH3 is 1. The van der Waals surface area contributed by atoms with Crippen molar-refractivity contribution >= 4 is 5.84 Å². The number of ether oxygens (including phenoxy) is 3. The van der Waals surface area contributed by atoms with E-state index >= 15 is 0 Å². The predicted molar refractivity (Wildman–Crippen MR) is 76.8 cm³/mol. The van der Waals surface area contributed by atoms with Gasteiger partial charge in [0, 0.05) is 20.1 Å². The average molecular weight is 298 g/mol. The van der Waals surface area contributed by atoms with Crippen LogP contribution in [0.15, 0.2) is 5.16 Å². The molecule has 0 saturated carbocycles. The van der Waals surface area contributed by atoms with Crippen LogP contribution in [0, 0.1) is 13.8 Å². The monoisotopic (exact) mass is 298 g/mol. The minimum Gasteiger partial charge on any atom is -0.476 e. The lowest BCUT2D eigenvalue weighted by molar-refractivity contribution is 0.0641. The molecule has 0 spiro atoms. The van der Waals surface area contributed by atoms with Gasteiger partial charge >= 0.3 is 0 Å². The van der Waals surface area contributed by atoms with Crippen molar-refractivity contribution < 1.29 is 19.4 Å². The van der Waals surface area contributed by atoms with Gasteiger partial charge in [-0.15, -0.1) is 5.10 Å². The Morgan fingerprint density at radius 3 is 2.62 bits per heavy atom. The molecule has 0 aromatic carbocycles. The van der Waals surface area contributed by atoms with Crippen LogP contribution in [0.25, 0.3) is 0 Å². The van der Waals surface area contributed by atoms with Gasteiger partial charge in [0.05, 0.1) is 31.1 Å². The lowest BCUT2D eigenvalue weighted by atomic mass is 10.1. The minimum absolute atomic E-state index is 0.0446. The van der Waals surface area contributed by atoms with Crippen molar-refractivity contribution in [1.82, 2.24) is 10.2 Å². The number of amidine groups is 1. The Morgan fingerprint density at radius 1 is 1.19 bits per heavy atom. The van der Waals surface area contributed by atoms with Gasteiger partial charge in [-0.25, -0.2) is 0 Å². The van der Waals surface area contributed by atoms with Crippen LogP contribution in [-0.2, 0) is 9.47 Å². The van der Waals surface area contributed by atoms with Crippen LogP contribution in [0.2, 0.25) is 0 Å². The number of hydrogen-bond acceptors (Lipinski definition) is 7. The summed E-state index contributed by atoms with van der Waals surface area (Å²) in [6.45, 7) is 5.69. The minimum atomic E-state index is -0.0446. The molecule has 118 valence electrons. The molecular formula is C13H22N4O4. The number of hydrogen-bond donors (Lipinski definition) is 2. The van der Waals surface area contributed by atoms with Crippen LogP contribution in [0.4, 0.5) is 0 Å². The van der Waals surface area contributed by atoms with Gasteiger partial charge in [-0.3, -0.25) is 0 Å². The molecule has 1 aromatic heterocycles. The third-order valence-corrected chi connectivity index (χ3v) is 2.89. The summed E-state index contributed by atoms with van der Waals surface area (Å²) in [6.07, 6.45) is 0.688. The molecule has 21 heavy (non-hydrogen) atoms. The Labute approximate surface area is 123 Å². The van der Waals surface area contributed by atoms with E-state index in [1.807, 2.05) is 6.92 Å². The summed E-state index contributed by atoms with van der Waals surface area (Å²) in [6, 6.07) is 0. The average Bonchev–Trinajstić information content (AvgIpc) is 2.49. The molecular weight excluding hydrogens is 276 g/mol. The summed E-state index contributed by atoms with van der Waals surface area (Å²) in [7, 11) is 1.62. The van der Waals surface area contributed by atoms with Crippen LogP contribution >= 0.6 is 0 Å². The smallest absolute Gasteiger partial charge is 0.244 e. The standard InChI is InChI=1S/C13H22N4O4/c1-9-10(2)15-16-13(11(9)12(14)17-18)21-6-4-5-20-8-7-19-3/h18H,4-8H2,1-3H3,(H2,14,17). The topological polar surface area (TPSA) is 112 Å². The van der Waals surface area contributed by atoms with E-state index < -0.39 is 0 Å². The van der Waals surface area contributed by atoms with Crippen molar-refractivity contribution in [2.24, 2.45) is 10.9 Å². The van der Waals surface area contributed by atoms with Gasteiger partial charge in [0.1, 0.15) is 0 Å². The Balaban J connectivity index is 2.57. The van der Waals surface area contributed by atoms with E-state index in [1.165, 1.54) is 0 Å². The molecule has 0 bridgehead atoms. The van der Waals surface area contributed by atoms with Gasteiger partial charge in [0.15, 0.2) is 5.84 Å². The second-order valence-electron chi connectivity index (χ2n) is 4.38. The molecule has 0 unspecified atom stereocenters. The van der Waals surface area contributed by atoms with Gasteiger partial charge in [0.25, 0.3) is 0 Å². The fraction of sp³-hybridized carbons (Fsp3) is 0.615. The van der Waals surface area contributed by atoms with E-state index in [9.17, 15) is 0 Å².